The van der Waals surface area contributed by atoms with Crippen molar-refractivity contribution in [3.63, 3.8) is 0 Å². The van der Waals surface area contributed by atoms with Crippen LogP contribution in [0.4, 0.5) is 0 Å². The first-order chi connectivity index (χ1) is 6.70. The van der Waals surface area contributed by atoms with Crippen LogP contribution in [-0.2, 0) is 14.2 Å². The van der Waals surface area contributed by atoms with E-state index in [2.05, 4.69) is 0 Å². The summed E-state index contributed by atoms with van der Waals surface area (Å²) in [4.78, 5) is 0. The van der Waals surface area contributed by atoms with E-state index < -0.39 is 6.10 Å². The Labute approximate surface area is 85.2 Å². The van der Waals surface area contributed by atoms with Crippen molar-refractivity contribution in [2.75, 3.05) is 20.3 Å². The third kappa shape index (κ3) is 2.67. The number of aliphatic hydroxyl groups is 1. The maximum atomic E-state index is 9.83. The van der Waals surface area contributed by atoms with Gasteiger partial charge in [0.05, 0.1) is 25.4 Å². The van der Waals surface area contributed by atoms with Gasteiger partial charge in [-0.3, -0.25) is 0 Å². The molecule has 0 aromatic carbocycles. The van der Waals surface area contributed by atoms with Crippen molar-refractivity contribution in [1.82, 2.24) is 0 Å². The molecule has 4 atom stereocenters. The third-order valence-corrected chi connectivity index (χ3v) is 2.57. The zero-order valence-corrected chi connectivity index (χ0v) is 9.10. The highest BCUT2D eigenvalue weighted by molar-refractivity contribution is 4.88. The number of hydrogen-bond donors (Lipinski definition) is 1. The van der Waals surface area contributed by atoms with Crippen molar-refractivity contribution in [1.29, 1.82) is 0 Å². The fraction of sp³-hybridized carbons (Fsp3) is 1.00. The SMILES string of the molecule is CC[C@H]1O[C@@H](C)C(OCCOC)[C@H]1O. The van der Waals surface area contributed by atoms with E-state index in [4.69, 9.17) is 14.2 Å². The maximum Gasteiger partial charge on any atom is 0.112 e. The lowest BCUT2D eigenvalue weighted by Gasteiger charge is -2.18. The van der Waals surface area contributed by atoms with Crippen molar-refractivity contribution < 1.29 is 19.3 Å². The second kappa shape index (κ2) is 5.66. The van der Waals surface area contributed by atoms with Crippen LogP contribution in [0, 0.1) is 0 Å². The predicted octanol–water partition coefficient (Wildman–Crippen LogP) is 0.576. The number of aliphatic hydroxyl groups excluding tert-OH is 1. The zero-order chi connectivity index (χ0) is 10.6. The smallest absolute Gasteiger partial charge is 0.112 e. The zero-order valence-electron chi connectivity index (χ0n) is 9.10. The first kappa shape index (κ1) is 11.9. The molecule has 4 nitrogen and oxygen atoms in total. The Morgan fingerprint density at radius 3 is 2.57 bits per heavy atom. The van der Waals surface area contributed by atoms with Crippen LogP contribution < -0.4 is 0 Å². The second-order valence-corrected chi connectivity index (χ2v) is 3.61. The van der Waals surface area contributed by atoms with Gasteiger partial charge < -0.3 is 19.3 Å². The quantitative estimate of drug-likeness (QED) is 0.665. The van der Waals surface area contributed by atoms with Crippen LogP contribution in [0.1, 0.15) is 20.3 Å². The highest BCUT2D eigenvalue weighted by atomic mass is 16.6. The van der Waals surface area contributed by atoms with Crippen LogP contribution in [0.25, 0.3) is 0 Å². The predicted molar refractivity (Wildman–Crippen MR) is 52.2 cm³/mol. The summed E-state index contributed by atoms with van der Waals surface area (Å²) in [5, 5.41) is 9.83. The van der Waals surface area contributed by atoms with Crippen molar-refractivity contribution in [3.05, 3.63) is 0 Å². The highest BCUT2D eigenvalue weighted by Crippen LogP contribution is 2.25. The Balaban J connectivity index is 2.36. The lowest BCUT2D eigenvalue weighted by molar-refractivity contribution is -0.0476. The largest absolute Gasteiger partial charge is 0.388 e. The van der Waals surface area contributed by atoms with Gasteiger partial charge in [-0.15, -0.1) is 0 Å². The highest BCUT2D eigenvalue weighted by Gasteiger charge is 2.40. The van der Waals surface area contributed by atoms with E-state index in [1.165, 1.54) is 0 Å². The molecule has 1 aliphatic heterocycles. The number of hydrogen-bond acceptors (Lipinski definition) is 4. The third-order valence-electron chi connectivity index (χ3n) is 2.57. The molecule has 14 heavy (non-hydrogen) atoms. The van der Waals surface area contributed by atoms with Gasteiger partial charge in [0.25, 0.3) is 0 Å². The van der Waals surface area contributed by atoms with E-state index in [1.807, 2.05) is 13.8 Å². The van der Waals surface area contributed by atoms with Crippen molar-refractivity contribution >= 4 is 0 Å². The van der Waals surface area contributed by atoms with Gasteiger partial charge in [-0.2, -0.15) is 0 Å². The van der Waals surface area contributed by atoms with Crippen LogP contribution in [0.15, 0.2) is 0 Å². The Morgan fingerprint density at radius 1 is 1.36 bits per heavy atom. The molecule has 1 aliphatic rings. The minimum absolute atomic E-state index is 0.0354. The number of ether oxygens (including phenoxy) is 3. The van der Waals surface area contributed by atoms with Crippen LogP contribution >= 0.6 is 0 Å². The van der Waals surface area contributed by atoms with Crippen molar-refractivity contribution in [3.8, 4) is 0 Å². The van der Waals surface area contributed by atoms with Gasteiger partial charge in [-0.05, 0) is 13.3 Å². The van der Waals surface area contributed by atoms with E-state index in [0.717, 1.165) is 6.42 Å². The van der Waals surface area contributed by atoms with E-state index >= 15 is 0 Å². The minimum atomic E-state index is -0.508. The van der Waals surface area contributed by atoms with Gasteiger partial charge in [0, 0.05) is 7.11 Å². The van der Waals surface area contributed by atoms with Crippen LogP contribution in [0.5, 0.6) is 0 Å². The summed E-state index contributed by atoms with van der Waals surface area (Å²) in [5.41, 5.74) is 0. The molecule has 1 unspecified atom stereocenters. The van der Waals surface area contributed by atoms with Crippen molar-refractivity contribution in [2.24, 2.45) is 0 Å². The topological polar surface area (TPSA) is 47.9 Å². The molecular weight excluding hydrogens is 184 g/mol. The molecule has 0 saturated carbocycles. The summed E-state index contributed by atoms with van der Waals surface area (Å²) in [7, 11) is 1.63. The van der Waals surface area contributed by atoms with E-state index in [1.54, 1.807) is 7.11 Å². The summed E-state index contributed by atoms with van der Waals surface area (Å²) in [5.74, 6) is 0. The molecule has 0 aromatic rings. The van der Waals surface area contributed by atoms with Gasteiger partial charge in [-0.25, -0.2) is 0 Å². The molecule has 0 aliphatic carbocycles. The van der Waals surface area contributed by atoms with Gasteiger partial charge >= 0.3 is 0 Å². The molecule has 1 fully saturated rings. The number of methoxy groups -OCH3 is 1. The molecule has 0 amide bonds. The van der Waals surface area contributed by atoms with Crippen LogP contribution in [0.3, 0.4) is 0 Å². The summed E-state index contributed by atoms with van der Waals surface area (Å²) in [6.07, 6.45) is -0.0263. The standard InChI is InChI=1S/C10H20O4/c1-4-8-9(11)10(7(2)14-8)13-6-5-12-3/h7-11H,4-6H2,1-3H3/t7-,8+,9-,10?/m0/s1. The molecule has 0 bridgehead atoms. The second-order valence-electron chi connectivity index (χ2n) is 3.61. The molecule has 1 N–H and O–H groups in total. The molecule has 1 rings (SSSR count). The van der Waals surface area contributed by atoms with E-state index in [0.29, 0.717) is 13.2 Å². The maximum absolute atomic E-state index is 9.83. The minimum Gasteiger partial charge on any atom is -0.388 e. The lowest BCUT2D eigenvalue weighted by Crippen LogP contribution is -2.35. The average Bonchev–Trinajstić information content (AvgIpc) is 2.45. The van der Waals surface area contributed by atoms with E-state index in [9.17, 15) is 5.11 Å². The first-order valence-electron chi connectivity index (χ1n) is 5.14. The fourth-order valence-corrected chi connectivity index (χ4v) is 1.76. The van der Waals surface area contributed by atoms with E-state index in [-0.39, 0.29) is 18.3 Å². The Bertz CT molecular complexity index is 162. The van der Waals surface area contributed by atoms with Crippen LogP contribution in [0.2, 0.25) is 0 Å². The summed E-state index contributed by atoms with van der Waals surface area (Å²) >= 11 is 0. The Morgan fingerprint density at radius 2 is 2.07 bits per heavy atom. The van der Waals surface area contributed by atoms with Gasteiger partial charge in [-0.1, -0.05) is 6.92 Å². The van der Waals surface area contributed by atoms with Gasteiger partial charge in [0.15, 0.2) is 0 Å². The molecule has 0 aromatic heterocycles. The van der Waals surface area contributed by atoms with Crippen LogP contribution in [-0.4, -0.2) is 49.8 Å². The summed E-state index contributed by atoms with van der Waals surface area (Å²) in [6, 6.07) is 0. The fourth-order valence-electron chi connectivity index (χ4n) is 1.76. The van der Waals surface area contributed by atoms with Gasteiger partial charge in [0.1, 0.15) is 12.2 Å². The molecule has 1 saturated heterocycles. The number of rotatable bonds is 5. The van der Waals surface area contributed by atoms with Gasteiger partial charge in [0.2, 0.25) is 0 Å². The van der Waals surface area contributed by atoms with Crippen molar-refractivity contribution in [2.45, 2.75) is 44.7 Å². The lowest BCUT2D eigenvalue weighted by atomic mass is 10.1. The first-order valence-corrected chi connectivity index (χ1v) is 5.14. The molecule has 0 spiro atoms. The Kier molecular flexibility index (Phi) is 4.81. The molecule has 0 radical (unpaired) electrons. The summed E-state index contributed by atoms with van der Waals surface area (Å²) in [6.45, 7) is 4.98. The Hall–Kier alpha value is -0.160. The molecule has 1 heterocycles. The summed E-state index contributed by atoms with van der Waals surface area (Å²) < 4.78 is 15.9. The monoisotopic (exact) mass is 204 g/mol. The molecule has 4 heteroatoms. The average molecular weight is 204 g/mol. The molecule has 84 valence electrons. The normalized spacial score (nSPS) is 37.7. The molecular formula is C10H20O4.